The quantitative estimate of drug-likeness (QED) is 0.394. The average molecular weight is 424 g/mol. The number of rotatable bonds is 4. The van der Waals surface area contributed by atoms with Gasteiger partial charge in [-0.15, -0.1) is 0 Å². The average Bonchev–Trinajstić information content (AvgIpc) is 3.18. The molecule has 150 valence electrons. The summed E-state index contributed by atoms with van der Waals surface area (Å²) in [7, 11) is 0. The number of aromatic nitrogens is 1. The summed E-state index contributed by atoms with van der Waals surface area (Å²) in [5, 5.41) is 3.94. The van der Waals surface area contributed by atoms with Crippen molar-refractivity contribution in [3.8, 4) is 21.8 Å². The van der Waals surface area contributed by atoms with Crippen molar-refractivity contribution in [2.45, 2.75) is 6.18 Å². The van der Waals surface area contributed by atoms with Crippen molar-refractivity contribution in [1.29, 1.82) is 0 Å². The Morgan fingerprint density at radius 3 is 2.00 bits per heavy atom. The van der Waals surface area contributed by atoms with Gasteiger partial charge < -0.3 is 5.32 Å². The molecule has 1 heterocycles. The molecule has 0 aliphatic heterocycles. The van der Waals surface area contributed by atoms with E-state index in [0.29, 0.717) is 26.8 Å². The number of nitrogens with zero attached hydrogens (tertiary/aromatic N) is 1. The van der Waals surface area contributed by atoms with Crippen molar-refractivity contribution in [3.63, 3.8) is 0 Å². The summed E-state index contributed by atoms with van der Waals surface area (Å²) in [6, 6.07) is 22.9. The molecule has 1 N–H and O–H groups in total. The van der Waals surface area contributed by atoms with Crippen LogP contribution in [0.25, 0.3) is 21.8 Å². The predicted molar refractivity (Wildman–Crippen MR) is 112 cm³/mol. The summed E-state index contributed by atoms with van der Waals surface area (Å²) in [5.41, 5.74) is 1.70. The number of anilines is 1. The van der Waals surface area contributed by atoms with Crippen molar-refractivity contribution in [3.05, 3.63) is 96.1 Å². The van der Waals surface area contributed by atoms with Gasteiger partial charge in [-0.3, -0.25) is 4.79 Å². The largest absolute Gasteiger partial charge is 0.416 e. The van der Waals surface area contributed by atoms with Crippen LogP contribution in [0.1, 0.15) is 15.9 Å². The first-order valence-electron chi connectivity index (χ1n) is 9.02. The van der Waals surface area contributed by atoms with Crippen molar-refractivity contribution in [2.75, 3.05) is 5.32 Å². The fourth-order valence-corrected chi connectivity index (χ4v) is 3.87. The van der Waals surface area contributed by atoms with Crippen molar-refractivity contribution >= 4 is 22.2 Å². The fourth-order valence-electron chi connectivity index (χ4n) is 2.89. The summed E-state index contributed by atoms with van der Waals surface area (Å²) >= 11 is 1.22. The summed E-state index contributed by atoms with van der Waals surface area (Å²) in [4.78, 5) is 17.3. The molecule has 0 atom stereocenters. The molecule has 4 rings (SSSR count). The van der Waals surface area contributed by atoms with Gasteiger partial charge in [0.2, 0.25) is 0 Å². The summed E-state index contributed by atoms with van der Waals surface area (Å²) in [6.07, 6.45) is -4.40. The van der Waals surface area contributed by atoms with Gasteiger partial charge in [0.05, 0.1) is 5.56 Å². The molecular weight excluding hydrogens is 409 g/mol. The van der Waals surface area contributed by atoms with Crippen LogP contribution < -0.4 is 5.32 Å². The smallest absolute Gasteiger partial charge is 0.312 e. The van der Waals surface area contributed by atoms with Gasteiger partial charge in [-0.2, -0.15) is 13.2 Å². The zero-order chi connectivity index (χ0) is 21.1. The van der Waals surface area contributed by atoms with Gasteiger partial charge in [-0.1, -0.05) is 72.0 Å². The minimum Gasteiger partial charge on any atom is -0.312 e. The van der Waals surface area contributed by atoms with Crippen LogP contribution in [0.2, 0.25) is 0 Å². The van der Waals surface area contributed by atoms with E-state index in [1.807, 2.05) is 36.4 Å². The highest BCUT2D eigenvalue weighted by atomic mass is 32.1. The zero-order valence-electron chi connectivity index (χ0n) is 15.5. The molecule has 30 heavy (non-hydrogen) atoms. The Labute approximate surface area is 174 Å². The van der Waals surface area contributed by atoms with Gasteiger partial charge in [0.1, 0.15) is 15.7 Å². The number of carbonyl (C=O) groups excluding carboxylic acids is 1. The maximum absolute atomic E-state index is 12.9. The van der Waals surface area contributed by atoms with Crippen LogP contribution in [-0.4, -0.2) is 10.9 Å². The van der Waals surface area contributed by atoms with E-state index < -0.39 is 11.7 Å². The summed E-state index contributed by atoms with van der Waals surface area (Å²) in [5.74, 6) is -0.282. The first-order valence-corrected chi connectivity index (χ1v) is 9.84. The molecule has 0 radical (unpaired) electrons. The van der Waals surface area contributed by atoms with E-state index in [4.69, 9.17) is 0 Å². The molecule has 4 aromatic rings. The van der Waals surface area contributed by atoms with E-state index in [0.717, 1.165) is 17.7 Å². The van der Waals surface area contributed by atoms with Gasteiger partial charge in [0.15, 0.2) is 0 Å². The Morgan fingerprint density at radius 1 is 0.800 bits per heavy atom. The lowest BCUT2D eigenvalue weighted by atomic mass is 10.1. The van der Waals surface area contributed by atoms with Crippen LogP contribution >= 0.6 is 11.3 Å². The number of halogens is 3. The first-order chi connectivity index (χ1) is 14.4. The highest BCUT2D eigenvalue weighted by Crippen LogP contribution is 2.39. The van der Waals surface area contributed by atoms with Crippen LogP contribution in [0, 0.1) is 0 Å². The molecule has 0 bridgehead atoms. The summed E-state index contributed by atoms with van der Waals surface area (Å²) in [6.45, 7) is 0. The molecule has 0 aliphatic rings. The lowest BCUT2D eigenvalue weighted by Crippen LogP contribution is -2.11. The molecule has 0 unspecified atom stereocenters. The van der Waals surface area contributed by atoms with E-state index >= 15 is 0 Å². The molecule has 1 amide bonds. The highest BCUT2D eigenvalue weighted by molar-refractivity contribution is 7.19. The monoisotopic (exact) mass is 424 g/mol. The molecule has 0 saturated heterocycles. The van der Waals surface area contributed by atoms with E-state index in [1.54, 1.807) is 24.3 Å². The second-order valence-electron chi connectivity index (χ2n) is 6.46. The molecule has 0 saturated carbocycles. The number of alkyl halides is 3. The van der Waals surface area contributed by atoms with Crippen molar-refractivity contribution in [2.24, 2.45) is 0 Å². The fraction of sp³-hybridized carbons (Fsp3) is 0.0435. The minimum absolute atomic E-state index is 0.282. The lowest BCUT2D eigenvalue weighted by molar-refractivity contribution is -0.137. The van der Waals surface area contributed by atoms with Gasteiger partial charge in [-0.05, 0) is 24.3 Å². The minimum atomic E-state index is -4.40. The lowest BCUT2D eigenvalue weighted by Gasteiger charge is -2.06. The second kappa shape index (κ2) is 8.12. The number of hydrogen-bond donors (Lipinski definition) is 1. The Balaban J connectivity index is 1.72. The number of carbonyl (C=O) groups is 1. The number of benzene rings is 3. The molecule has 3 nitrogen and oxygen atoms in total. The summed E-state index contributed by atoms with van der Waals surface area (Å²) < 4.78 is 38.6. The van der Waals surface area contributed by atoms with Crippen LogP contribution in [0.3, 0.4) is 0 Å². The molecule has 1 aromatic heterocycles. The van der Waals surface area contributed by atoms with E-state index in [9.17, 15) is 18.0 Å². The van der Waals surface area contributed by atoms with Gasteiger partial charge in [0.25, 0.3) is 5.91 Å². The van der Waals surface area contributed by atoms with Crippen LogP contribution in [0.5, 0.6) is 0 Å². The van der Waals surface area contributed by atoms with E-state index in [-0.39, 0.29) is 5.91 Å². The molecule has 3 aromatic carbocycles. The molecule has 0 fully saturated rings. The SMILES string of the molecule is O=C(Nc1sc(-c2ccc(C(F)(F)F)cc2)nc1-c1ccccc1)c1ccccc1. The van der Waals surface area contributed by atoms with Crippen molar-refractivity contribution < 1.29 is 18.0 Å². The Bertz CT molecular complexity index is 1150. The third-order valence-corrected chi connectivity index (χ3v) is 5.42. The molecule has 7 heteroatoms. The number of nitrogens with one attached hydrogen (secondary N) is 1. The number of amides is 1. The van der Waals surface area contributed by atoms with Crippen molar-refractivity contribution in [1.82, 2.24) is 4.98 Å². The standard InChI is InChI=1S/C23H15F3N2OS/c24-23(25,26)18-13-11-17(12-14-18)21-27-19(15-7-3-1-4-8-15)22(30-21)28-20(29)16-9-5-2-6-10-16/h1-14H,(H,28,29). The van der Waals surface area contributed by atoms with Crippen LogP contribution in [-0.2, 0) is 6.18 Å². The Kier molecular flexibility index (Phi) is 5.37. The number of hydrogen-bond acceptors (Lipinski definition) is 3. The second-order valence-corrected chi connectivity index (χ2v) is 7.46. The predicted octanol–water partition coefficient (Wildman–Crippen LogP) is 6.75. The molecule has 0 spiro atoms. The molecular formula is C23H15F3N2OS. The normalized spacial score (nSPS) is 11.3. The van der Waals surface area contributed by atoms with Crippen LogP contribution in [0.4, 0.5) is 18.2 Å². The Hall–Kier alpha value is -3.45. The maximum atomic E-state index is 12.9. The van der Waals surface area contributed by atoms with E-state index in [1.165, 1.54) is 23.5 Å². The Morgan fingerprint density at radius 2 is 1.40 bits per heavy atom. The third-order valence-electron chi connectivity index (χ3n) is 4.40. The van der Waals surface area contributed by atoms with Crippen LogP contribution in [0.15, 0.2) is 84.9 Å². The zero-order valence-corrected chi connectivity index (χ0v) is 16.3. The van der Waals surface area contributed by atoms with Gasteiger partial charge >= 0.3 is 6.18 Å². The van der Waals surface area contributed by atoms with E-state index in [2.05, 4.69) is 10.3 Å². The van der Waals surface area contributed by atoms with Gasteiger partial charge in [-0.25, -0.2) is 4.98 Å². The third kappa shape index (κ3) is 4.26. The highest BCUT2D eigenvalue weighted by Gasteiger charge is 2.30. The maximum Gasteiger partial charge on any atom is 0.416 e. The van der Waals surface area contributed by atoms with Gasteiger partial charge in [0, 0.05) is 16.7 Å². The topological polar surface area (TPSA) is 42.0 Å². The first kappa shape index (κ1) is 19.8. The number of thiazole rings is 1. The molecule has 0 aliphatic carbocycles.